The summed E-state index contributed by atoms with van der Waals surface area (Å²) in [4.78, 5) is 10.5. The summed E-state index contributed by atoms with van der Waals surface area (Å²) >= 11 is 1.09. The Morgan fingerprint density at radius 1 is 1.59 bits per heavy atom. The fourth-order valence-electron chi connectivity index (χ4n) is 1.32. The molecule has 1 heterocycles. The van der Waals surface area contributed by atoms with Crippen LogP contribution < -0.4 is 0 Å². The third kappa shape index (κ3) is 4.70. The average Bonchev–Trinajstić information content (AvgIpc) is 2.61. The second kappa shape index (κ2) is 5.97. The van der Waals surface area contributed by atoms with Crippen LogP contribution in [0.1, 0.15) is 20.8 Å². The van der Waals surface area contributed by atoms with Crippen LogP contribution in [0.5, 0.6) is 0 Å². The standard InChI is InChI=1S/C9H16N4O3S/c1-4-16-9(2,3)6-13-8(10-11-12-13)17-5-7(14)15/h4-6H2,1-3H3,(H,14,15). The number of aliphatic carboxylic acids is 1. The number of aromatic nitrogens is 4. The molecule has 96 valence electrons. The molecule has 0 aliphatic carbocycles. The lowest BCUT2D eigenvalue weighted by Gasteiger charge is -2.24. The normalized spacial score (nSPS) is 11.7. The van der Waals surface area contributed by atoms with Gasteiger partial charge in [-0.15, -0.1) is 5.10 Å². The number of hydrogen-bond acceptors (Lipinski definition) is 6. The molecule has 8 heteroatoms. The first-order valence-corrected chi connectivity index (χ1v) is 6.18. The monoisotopic (exact) mass is 260 g/mol. The summed E-state index contributed by atoms with van der Waals surface area (Å²) in [6.07, 6.45) is 0. The van der Waals surface area contributed by atoms with Gasteiger partial charge in [-0.2, -0.15) is 0 Å². The molecule has 0 radical (unpaired) electrons. The molecule has 1 aromatic rings. The number of tetrazole rings is 1. The van der Waals surface area contributed by atoms with Crippen molar-refractivity contribution in [3.8, 4) is 0 Å². The maximum absolute atomic E-state index is 10.5. The predicted molar refractivity (Wildman–Crippen MR) is 61.9 cm³/mol. The topological polar surface area (TPSA) is 90.1 Å². The van der Waals surface area contributed by atoms with Crippen molar-refractivity contribution in [3.05, 3.63) is 0 Å². The lowest BCUT2D eigenvalue weighted by atomic mass is 10.1. The highest BCUT2D eigenvalue weighted by Crippen LogP contribution is 2.18. The minimum absolute atomic E-state index is 0.0601. The first-order valence-electron chi connectivity index (χ1n) is 5.19. The highest BCUT2D eigenvalue weighted by Gasteiger charge is 2.21. The van der Waals surface area contributed by atoms with E-state index in [0.29, 0.717) is 18.3 Å². The Bertz CT molecular complexity index is 380. The molecule has 1 N–H and O–H groups in total. The van der Waals surface area contributed by atoms with Crippen LogP contribution in [0.25, 0.3) is 0 Å². The van der Waals surface area contributed by atoms with Crippen molar-refractivity contribution >= 4 is 17.7 Å². The fourth-order valence-corrected chi connectivity index (χ4v) is 1.92. The van der Waals surface area contributed by atoms with Crippen molar-refractivity contribution in [1.29, 1.82) is 0 Å². The summed E-state index contributed by atoms with van der Waals surface area (Å²) in [5.41, 5.74) is -0.386. The quantitative estimate of drug-likeness (QED) is 0.720. The molecule has 7 nitrogen and oxygen atoms in total. The zero-order chi connectivity index (χ0) is 12.9. The first kappa shape index (κ1) is 13.9. The lowest BCUT2D eigenvalue weighted by molar-refractivity contribution is -0.133. The van der Waals surface area contributed by atoms with Gasteiger partial charge < -0.3 is 9.84 Å². The van der Waals surface area contributed by atoms with Gasteiger partial charge in [-0.05, 0) is 31.2 Å². The Labute approximate surface area is 104 Å². The summed E-state index contributed by atoms with van der Waals surface area (Å²) in [7, 11) is 0. The molecule has 0 spiro atoms. The highest BCUT2D eigenvalue weighted by molar-refractivity contribution is 7.99. The smallest absolute Gasteiger partial charge is 0.313 e. The Kier molecular flexibility index (Phi) is 4.88. The second-order valence-electron chi connectivity index (χ2n) is 3.99. The number of rotatable bonds is 7. The van der Waals surface area contributed by atoms with Crippen molar-refractivity contribution in [2.45, 2.75) is 38.1 Å². The second-order valence-corrected chi connectivity index (χ2v) is 4.94. The molecule has 0 amide bonds. The van der Waals surface area contributed by atoms with Gasteiger partial charge in [0.25, 0.3) is 0 Å². The molecule has 17 heavy (non-hydrogen) atoms. The Morgan fingerprint density at radius 3 is 2.88 bits per heavy atom. The van der Waals surface area contributed by atoms with Gasteiger partial charge in [0.1, 0.15) is 0 Å². The van der Waals surface area contributed by atoms with E-state index in [4.69, 9.17) is 9.84 Å². The van der Waals surface area contributed by atoms with Crippen molar-refractivity contribution in [1.82, 2.24) is 20.2 Å². The number of thioether (sulfide) groups is 1. The predicted octanol–water partition coefficient (Wildman–Crippen LogP) is 0.665. The van der Waals surface area contributed by atoms with Gasteiger partial charge in [0.05, 0.1) is 17.9 Å². The van der Waals surface area contributed by atoms with E-state index in [0.717, 1.165) is 11.8 Å². The number of hydrogen-bond donors (Lipinski definition) is 1. The number of carboxylic acid groups (broad SMARTS) is 1. The average molecular weight is 260 g/mol. The molecule has 0 saturated carbocycles. The fraction of sp³-hybridized carbons (Fsp3) is 0.778. The van der Waals surface area contributed by atoms with Crippen LogP contribution in [-0.2, 0) is 16.1 Å². The molecule has 0 atom stereocenters. The van der Waals surface area contributed by atoms with Gasteiger partial charge >= 0.3 is 5.97 Å². The van der Waals surface area contributed by atoms with Crippen molar-refractivity contribution < 1.29 is 14.6 Å². The molecule has 0 unspecified atom stereocenters. The molecule has 1 rings (SSSR count). The summed E-state index contributed by atoms with van der Waals surface area (Å²) in [6, 6.07) is 0. The van der Waals surface area contributed by atoms with Crippen LogP contribution in [0.3, 0.4) is 0 Å². The van der Waals surface area contributed by atoms with Gasteiger partial charge in [0.15, 0.2) is 0 Å². The van der Waals surface area contributed by atoms with E-state index >= 15 is 0 Å². The maximum Gasteiger partial charge on any atom is 0.313 e. The summed E-state index contributed by atoms with van der Waals surface area (Å²) in [6.45, 7) is 6.87. The summed E-state index contributed by atoms with van der Waals surface area (Å²) in [5.74, 6) is -0.955. The highest BCUT2D eigenvalue weighted by atomic mass is 32.2. The molecular weight excluding hydrogens is 244 g/mol. The minimum atomic E-state index is -0.895. The summed E-state index contributed by atoms with van der Waals surface area (Å²) < 4.78 is 7.10. The van der Waals surface area contributed by atoms with E-state index in [1.165, 1.54) is 0 Å². The van der Waals surface area contributed by atoms with Crippen molar-refractivity contribution in [3.63, 3.8) is 0 Å². The van der Waals surface area contributed by atoms with E-state index in [9.17, 15) is 4.79 Å². The minimum Gasteiger partial charge on any atom is -0.481 e. The molecule has 0 aromatic carbocycles. The summed E-state index contributed by atoms with van der Waals surface area (Å²) in [5, 5.41) is 20.2. The van der Waals surface area contributed by atoms with Gasteiger partial charge in [-0.3, -0.25) is 4.79 Å². The molecular formula is C9H16N4O3S. The molecule has 0 bridgehead atoms. The van der Waals surface area contributed by atoms with Gasteiger partial charge in [-0.25, -0.2) is 4.68 Å². The SMILES string of the molecule is CCOC(C)(C)Cn1nnnc1SCC(=O)O. The van der Waals surface area contributed by atoms with E-state index in [-0.39, 0.29) is 11.4 Å². The Morgan fingerprint density at radius 2 is 2.29 bits per heavy atom. The van der Waals surface area contributed by atoms with Crippen LogP contribution in [-0.4, -0.2) is 49.2 Å². The third-order valence-electron chi connectivity index (χ3n) is 1.89. The number of ether oxygens (including phenoxy) is 1. The Balaban J connectivity index is 2.65. The van der Waals surface area contributed by atoms with Crippen LogP contribution in [0.15, 0.2) is 5.16 Å². The number of carboxylic acids is 1. The van der Waals surface area contributed by atoms with Gasteiger partial charge in [0, 0.05) is 6.61 Å². The molecule has 0 saturated heterocycles. The van der Waals surface area contributed by atoms with Crippen molar-refractivity contribution in [2.75, 3.05) is 12.4 Å². The van der Waals surface area contributed by atoms with E-state index in [1.807, 2.05) is 20.8 Å². The van der Waals surface area contributed by atoms with Crippen molar-refractivity contribution in [2.24, 2.45) is 0 Å². The first-order chi connectivity index (χ1) is 7.94. The van der Waals surface area contributed by atoms with E-state index in [2.05, 4.69) is 15.5 Å². The number of carbonyl (C=O) groups is 1. The van der Waals surface area contributed by atoms with E-state index in [1.54, 1.807) is 4.68 Å². The zero-order valence-electron chi connectivity index (χ0n) is 10.1. The van der Waals surface area contributed by atoms with Gasteiger partial charge in [0.2, 0.25) is 5.16 Å². The number of nitrogens with zero attached hydrogens (tertiary/aromatic N) is 4. The molecule has 0 fully saturated rings. The Hall–Kier alpha value is -1.15. The van der Waals surface area contributed by atoms with Crippen LogP contribution >= 0.6 is 11.8 Å². The van der Waals surface area contributed by atoms with Crippen LogP contribution in [0, 0.1) is 0 Å². The third-order valence-corrected chi connectivity index (χ3v) is 2.83. The largest absolute Gasteiger partial charge is 0.481 e. The van der Waals surface area contributed by atoms with Gasteiger partial charge in [-0.1, -0.05) is 11.8 Å². The molecule has 0 aliphatic heterocycles. The van der Waals surface area contributed by atoms with Crippen LogP contribution in [0.2, 0.25) is 0 Å². The van der Waals surface area contributed by atoms with E-state index < -0.39 is 5.97 Å². The lowest BCUT2D eigenvalue weighted by Crippen LogP contribution is -2.31. The zero-order valence-corrected chi connectivity index (χ0v) is 10.9. The molecule has 0 aliphatic rings. The van der Waals surface area contributed by atoms with Crippen LogP contribution in [0.4, 0.5) is 0 Å². The molecule has 1 aromatic heterocycles. The maximum atomic E-state index is 10.5.